The summed E-state index contributed by atoms with van der Waals surface area (Å²) in [5.41, 5.74) is 0. The molecule has 2 N–H and O–H groups in total. The highest BCUT2D eigenvalue weighted by atomic mass is 35.5. The fourth-order valence-electron chi connectivity index (χ4n) is 1.85. The van der Waals surface area contributed by atoms with Gasteiger partial charge in [0.2, 0.25) is 0 Å². The zero-order valence-corrected chi connectivity index (χ0v) is 12.9. The van der Waals surface area contributed by atoms with Crippen LogP contribution in [-0.2, 0) is 4.79 Å². The van der Waals surface area contributed by atoms with E-state index in [0.29, 0.717) is 16.7 Å². The summed E-state index contributed by atoms with van der Waals surface area (Å²) in [6.07, 6.45) is 0.0530. The number of amides is 1. The normalized spacial score (nSPS) is 13.9. The number of carbonyl (C=O) groups excluding carboxylic acids is 1. The van der Waals surface area contributed by atoms with E-state index in [0.717, 1.165) is 6.42 Å². The number of nitrogens with one attached hydrogen (secondary N) is 1. The van der Waals surface area contributed by atoms with Crippen LogP contribution in [0.25, 0.3) is 0 Å². The Labute approximate surface area is 125 Å². The van der Waals surface area contributed by atoms with Crippen LogP contribution in [0.3, 0.4) is 0 Å². The molecule has 1 aromatic rings. The second-order valence-electron chi connectivity index (χ2n) is 5.21. The molecule has 4 nitrogen and oxygen atoms in total. The average molecular weight is 300 g/mol. The first-order valence-electron chi connectivity index (χ1n) is 6.76. The molecule has 0 aliphatic rings. The fourth-order valence-corrected chi connectivity index (χ4v) is 2.03. The Bertz CT molecular complexity index is 437. The molecule has 20 heavy (non-hydrogen) atoms. The van der Waals surface area contributed by atoms with E-state index in [9.17, 15) is 9.90 Å². The molecular weight excluding hydrogens is 278 g/mol. The Balaban J connectivity index is 2.56. The number of benzene rings is 1. The van der Waals surface area contributed by atoms with E-state index in [1.165, 1.54) is 0 Å². The number of halogens is 1. The van der Waals surface area contributed by atoms with Crippen molar-refractivity contribution in [2.75, 3.05) is 6.61 Å². The van der Waals surface area contributed by atoms with E-state index in [4.69, 9.17) is 16.3 Å². The van der Waals surface area contributed by atoms with Gasteiger partial charge in [-0.15, -0.1) is 0 Å². The van der Waals surface area contributed by atoms with Gasteiger partial charge in [0.05, 0.1) is 17.7 Å². The smallest absolute Gasteiger partial charge is 0.261 e. The summed E-state index contributed by atoms with van der Waals surface area (Å²) < 4.78 is 5.53. The lowest BCUT2D eigenvalue weighted by molar-refractivity contribution is -0.128. The van der Waals surface area contributed by atoms with E-state index in [1.54, 1.807) is 31.2 Å². The van der Waals surface area contributed by atoms with Gasteiger partial charge >= 0.3 is 0 Å². The third-order valence-corrected chi connectivity index (χ3v) is 3.14. The van der Waals surface area contributed by atoms with Crippen LogP contribution < -0.4 is 10.1 Å². The Hall–Kier alpha value is -1.26. The summed E-state index contributed by atoms with van der Waals surface area (Å²) in [7, 11) is 0. The molecule has 5 heteroatoms. The number of aliphatic hydroxyl groups is 1. The van der Waals surface area contributed by atoms with E-state index in [1.807, 2.05) is 13.8 Å². The van der Waals surface area contributed by atoms with Crippen molar-refractivity contribution in [3.63, 3.8) is 0 Å². The summed E-state index contributed by atoms with van der Waals surface area (Å²) in [4.78, 5) is 12.0. The molecule has 0 saturated carbocycles. The minimum Gasteiger partial charge on any atom is -0.479 e. The van der Waals surface area contributed by atoms with Crippen molar-refractivity contribution in [2.24, 2.45) is 5.92 Å². The van der Waals surface area contributed by atoms with Crippen LogP contribution in [0.5, 0.6) is 5.75 Å². The topological polar surface area (TPSA) is 58.6 Å². The van der Waals surface area contributed by atoms with Crippen LogP contribution in [-0.4, -0.2) is 29.8 Å². The molecule has 1 rings (SSSR count). The van der Waals surface area contributed by atoms with Crippen molar-refractivity contribution in [2.45, 2.75) is 39.3 Å². The molecule has 0 saturated heterocycles. The number of para-hydroxylation sites is 1. The summed E-state index contributed by atoms with van der Waals surface area (Å²) in [5, 5.41) is 12.5. The molecule has 2 atom stereocenters. The summed E-state index contributed by atoms with van der Waals surface area (Å²) in [5.74, 6) is 0.609. The number of rotatable bonds is 7. The molecule has 0 aliphatic carbocycles. The molecule has 1 amide bonds. The van der Waals surface area contributed by atoms with Gasteiger partial charge in [0.25, 0.3) is 5.91 Å². The van der Waals surface area contributed by atoms with Gasteiger partial charge in [-0.05, 0) is 31.4 Å². The highest BCUT2D eigenvalue weighted by Crippen LogP contribution is 2.24. The van der Waals surface area contributed by atoms with Crippen LogP contribution >= 0.6 is 11.6 Å². The predicted octanol–water partition coefficient (Wildman–Crippen LogP) is 2.63. The van der Waals surface area contributed by atoms with Gasteiger partial charge in [0.15, 0.2) is 6.10 Å². The first-order valence-corrected chi connectivity index (χ1v) is 7.14. The standard InChI is InChI=1S/C15H22ClNO3/c1-10(2)8-12(9-18)17-15(19)11(3)20-14-7-5-4-6-13(14)16/h4-7,10-12,18H,8-9H2,1-3H3,(H,17,19). The zero-order chi connectivity index (χ0) is 15.1. The number of ether oxygens (including phenoxy) is 1. The molecule has 2 unspecified atom stereocenters. The number of hydrogen-bond donors (Lipinski definition) is 2. The van der Waals surface area contributed by atoms with Gasteiger partial charge in [-0.3, -0.25) is 4.79 Å². The van der Waals surface area contributed by atoms with Crippen molar-refractivity contribution in [1.29, 1.82) is 0 Å². The number of aliphatic hydroxyl groups excluding tert-OH is 1. The monoisotopic (exact) mass is 299 g/mol. The van der Waals surface area contributed by atoms with Gasteiger partial charge in [0, 0.05) is 0 Å². The molecule has 0 bridgehead atoms. The van der Waals surface area contributed by atoms with Gasteiger partial charge in [-0.25, -0.2) is 0 Å². The summed E-state index contributed by atoms with van der Waals surface area (Å²) >= 11 is 5.98. The SMILES string of the molecule is CC(C)CC(CO)NC(=O)C(C)Oc1ccccc1Cl. The highest BCUT2D eigenvalue weighted by Gasteiger charge is 2.20. The van der Waals surface area contributed by atoms with Gasteiger partial charge in [-0.2, -0.15) is 0 Å². The van der Waals surface area contributed by atoms with E-state index < -0.39 is 6.10 Å². The van der Waals surface area contributed by atoms with Crippen molar-refractivity contribution in [3.05, 3.63) is 29.3 Å². The Morgan fingerprint density at radius 2 is 2.00 bits per heavy atom. The van der Waals surface area contributed by atoms with E-state index in [-0.39, 0.29) is 18.6 Å². The van der Waals surface area contributed by atoms with E-state index >= 15 is 0 Å². The molecule has 0 heterocycles. The van der Waals surface area contributed by atoms with Crippen LogP contribution in [0.15, 0.2) is 24.3 Å². The third kappa shape index (κ3) is 5.39. The second kappa shape index (κ2) is 8.12. The predicted molar refractivity (Wildman–Crippen MR) is 80.0 cm³/mol. The zero-order valence-electron chi connectivity index (χ0n) is 12.1. The maximum atomic E-state index is 12.0. The maximum absolute atomic E-state index is 12.0. The Kier molecular flexibility index (Phi) is 6.82. The first-order chi connectivity index (χ1) is 9.43. The van der Waals surface area contributed by atoms with Gasteiger partial charge in [0.1, 0.15) is 5.75 Å². The van der Waals surface area contributed by atoms with Crippen molar-refractivity contribution >= 4 is 17.5 Å². The molecular formula is C15H22ClNO3. The average Bonchev–Trinajstić information content (AvgIpc) is 2.39. The molecule has 0 spiro atoms. The van der Waals surface area contributed by atoms with Gasteiger partial charge < -0.3 is 15.2 Å². The molecule has 0 fully saturated rings. The molecule has 112 valence electrons. The minimum absolute atomic E-state index is 0.0806. The summed E-state index contributed by atoms with van der Waals surface area (Å²) in [6, 6.07) is 6.76. The summed E-state index contributed by atoms with van der Waals surface area (Å²) in [6.45, 7) is 5.65. The quantitative estimate of drug-likeness (QED) is 0.814. The molecule has 1 aromatic carbocycles. The molecule has 0 aromatic heterocycles. The Morgan fingerprint density at radius 3 is 2.55 bits per heavy atom. The number of hydrogen-bond acceptors (Lipinski definition) is 3. The Morgan fingerprint density at radius 1 is 1.35 bits per heavy atom. The van der Waals surface area contributed by atoms with Gasteiger partial charge in [-0.1, -0.05) is 37.6 Å². The third-order valence-electron chi connectivity index (χ3n) is 2.83. The fraction of sp³-hybridized carbons (Fsp3) is 0.533. The lowest BCUT2D eigenvalue weighted by Crippen LogP contribution is -2.44. The van der Waals surface area contributed by atoms with Crippen LogP contribution in [0, 0.1) is 5.92 Å². The largest absolute Gasteiger partial charge is 0.479 e. The van der Waals surface area contributed by atoms with Crippen molar-refractivity contribution in [1.82, 2.24) is 5.32 Å². The van der Waals surface area contributed by atoms with Crippen molar-refractivity contribution < 1.29 is 14.6 Å². The minimum atomic E-state index is -0.670. The van der Waals surface area contributed by atoms with Crippen LogP contribution in [0.2, 0.25) is 5.02 Å². The molecule has 0 aliphatic heterocycles. The lowest BCUT2D eigenvalue weighted by Gasteiger charge is -2.21. The second-order valence-corrected chi connectivity index (χ2v) is 5.62. The molecule has 0 radical (unpaired) electrons. The number of carbonyl (C=O) groups is 1. The highest BCUT2D eigenvalue weighted by molar-refractivity contribution is 6.32. The van der Waals surface area contributed by atoms with E-state index in [2.05, 4.69) is 5.32 Å². The van der Waals surface area contributed by atoms with Crippen LogP contribution in [0.1, 0.15) is 27.2 Å². The first kappa shape index (κ1) is 16.8. The van der Waals surface area contributed by atoms with Crippen LogP contribution in [0.4, 0.5) is 0 Å². The lowest BCUT2D eigenvalue weighted by atomic mass is 10.0. The van der Waals surface area contributed by atoms with Crippen molar-refractivity contribution in [3.8, 4) is 5.75 Å². The maximum Gasteiger partial charge on any atom is 0.261 e.